The van der Waals surface area contributed by atoms with E-state index in [1.165, 1.54) is 6.42 Å². The Morgan fingerprint density at radius 1 is 1.39 bits per heavy atom. The minimum absolute atomic E-state index is 0.159. The maximum Gasteiger partial charge on any atom is 0.333 e. The Morgan fingerprint density at radius 2 is 2.11 bits per heavy atom. The van der Waals surface area contributed by atoms with Crippen LogP contribution in [0, 0.1) is 23.0 Å². The number of anilines is 1. The lowest BCUT2D eigenvalue weighted by molar-refractivity contribution is -0.384. The van der Waals surface area contributed by atoms with Gasteiger partial charge in [0.05, 0.1) is 4.92 Å². The highest BCUT2D eigenvalue weighted by atomic mass is 16.6. The summed E-state index contributed by atoms with van der Waals surface area (Å²) in [6, 6.07) is 0. The van der Waals surface area contributed by atoms with Gasteiger partial charge in [0.2, 0.25) is 5.82 Å². The second kappa shape index (κ2) is 4.96. The molecule has 6 heteroatoms. The van der Waals surface area contributed by atoms with Crippen molar-refractivity contribution in [3.8, 4) is 0 Å². The molecule has 1 unspecified atom stereocenters. The summed E-state index contributed by atoms with van der Waals surface area (Å²) in [7, 11) is 1.78. The van der Waals surface area contributed by atoms with Crippen LogP contribution in [0.4, 0.5) is 11.5 Å². The van der Waals surface area contributed by atoms with Crippen molar-refractivity contribution < 1.29 is 4.92 Å². The molecule has 0 aliphatic carbocycles. The van der Waals surface area contributed by atoms with Crippen molar-refractivity contribution in [1.82, 2.24) is 9.78 Å². The molecule has 0 amide bonds. The first-order chi connectivity index (χ1) is 8.50. The molecule has 1 saturated heterocycles. The van der Waals surface area contributed by atoms with E-state index in [1.54, 1.807) is 18.7 Å². The Morgan fingerprint density at radius 3 is 2.78 bits per heavy atom. The molecule has 18 heavy (non-hydrogen) atoms. The Bertz CT molecular complexity index is 455. The summed E-state index contributed by atoms with van der Waals surface area (Å²) in [5.41, 5.74) is 0.654. The average Bonchev–Trinajstić information content (AvgIpc) is 2.46. The lowest BCUT2D eigenvalue weighted by Gasteiger charge is -2.21. The molecule has 1 fully saturated rings. The van der Waals surface area contributed by atoms with Gasteiger partial charge in [-0.2, -0.15) is 5.10 Å². The number of aryl methyl sites for hydroxylation is 2. The van der Waals surface area contributed by atoms with Gasteiger partial charge in [-0.15, -0.1) is 0 Å². The van der Waals surface area contributed by atoms with Crippen LogP contribution < -0.4 is 4.90 Å². The summed E-state index contributed by atoms with van der Waals surface area (Å²) < 4.78 is 1.64. The first-order valence-corrected chi connectivity index (χ1v) is 6.43. The summed E-state index contributed by atoms with van der Waals surface area (Å²) in [6.45, 7) is 5.69. The van der Waals surface area contributed by atoms with E-state index in [0.717, 1.165) is 25.9 Å². The minimum atomic E-state index is -0.314. The van der Waals surface area contributed by atoms with Crippen molar-refractivity contribution >= 4 is 11.5 Å². The van der Waals surface area contributed by atoms with Crippen LogP contribution in [0.2, 0.25) is 0 Å². The molecule has 6 nitrogen and oxygen atoms in total. The molecule has 2 rings (SSSR count). The van der Waals surface area contributed by atoms with Gasteiger partial charge in [0.1, 0.15) is 5.69 Å². The average molecular weight is 252 g/mol. The highest BCUT2D eigenvalue weighted by Crippen LogP contribution is 2.32. The fraction of sp³-hybridized carbons (Fsp3) is 0.750. The van der Waals surface area contributed by atoms with Gasteiger partial charge in [-0.05, 0) is 32.1 Å². The Labute approximate surface area is 107 Å². The number of hydrogen-bond donors (Lipinski definition) is 0. The van der Waals surface area contributed by atoms with Crippen LogP contribution in [0.1, 0.15) is 31.9 Å². The van der Waals surface area contributed by atoms with Gasteiger partial charge in [0, 0.05) is 20.1 Å². The molecular formula is C12H20N4O2. The van der Waals surface area contributed by atoms with Crippen LogP contribution in [0.15, 0.2) is 0 Å². The van der Waals surface area contributed by atoms with E-state index in [9.17, 15) is 10.1 Å². The monoisotopic (exact) mass is 252 g/mol. The maximum atomic E-state index is 11.2. The molecule has 1 aromatic rings. The van der Waals surface area contributed by atoms with Crippen molar-refractivity contribution in [1.29, 1.82) is 0 Å². The highest BCUT2D eigenvalue weighted by molar-refractivity contribution is 5.61. The lowest BCUT2D eigenvalue weighted by Crippen LogP contribution is -2.27. The standard InChI is InChI=1S/C12H20N4O2/c1-9-5-4-7-15(8-6-9)12-11(16(17)18)10(2)13-14(12)3/h9H,4-8H2,1-3H3. The highest BCUT2D eigenvalue weighted by Gasteiger charge is 2.29. The summed E-state index contributed by atoms with van der Waals surface area (Å²) in [4.78, 5) is 13.0. The van der Waals surface area contributed by atoms with Crippen LogP contribution in [-0.2, 0) is 7.05 Å². The molecule has 1 aliphatic rings. The lowest BCUT2D eigenvalue weighted by atomic mass is 10.0. The zero-order valence-electron chi connectivity index (χ0n) is 11.2. The third kappa shape index (κ3) is 2.32. The van der Waals surface area contributed by atoms with Crippen molar-refractivity contribution in [3.05, 3.63) is 15.8 Å². The van der Waals surface area contributed by atoms with Crippen molar-refractivity contribution in [2.24, 2.45) is 13.0 Å². The van der Waals surface area contributed by atoms with Gasteiger partial charge < -0.3 is 4.90 Å². The van der Waals surface area contributed by atoms with E-state index < -0.39 is 0 Å². The number of rotatable bonds is 2. The molecule has 0 aromatic carbocycles. The molecule has 100 valence electrons. The Balaban J connectivity index is 2.34. The third-order valence-corrected chi connectivity index (χ3v) is 3.66. The molecule has 1 atom stereocenters. The van der Waals surface area contributed by atoms with E-state index in [2.05, 4.69) is 16.9 Å². The van der Waals surface area contributed by atoms with Crippen LogP contribution >= 0.6 is 0 Å². The van der Waals surface area contributed by atoms with E-state index >= 15 is 0 Å². The predicted octanol–water partition coefficient (Wildman–Crippen LogP) is 2.26. The topological polar surface area (TPSA) is 64.2 Å². The van der Waals surface area contributed by atoms with E-state index in [0.29, 0.717) is 17.4 Å². The SMILES string of the molecule is Cc1nn(C)c(N2CCCC(C)CC2)c1[N+](=O)[O-]. The first-order valence-electron chi connectivity index (χ1n) is 6.43. The van der Waals surface area contributed by atoms with Crippen molar-refractivity contribution in [2.45, 2.75) is 33.1 Å². The van der Waals surface area contributed by atoms with Crippen molar-refractivity contribution in [2.75, 3.05) is 18.0 Å². The smallest absolute Gasteiger partial charge is 0.333 e. The van der Waals surface area contributed by atoms with E-state index in [-0.39, 0.29) is 10.6 Å². The molecule has 2 heterocycles. The van der Waals surface area contributed by atoms with Gasteiger partial charge in [0.25, 0.3) is 0 Å². The number of hydrogen-bond acceptors (Lipinski definition) is 4. The van der Waals surface area contributed by atoms with Gasteiger partial charge in [0.15, 0.2) is 0 Å². The summed E-state index contributed by atoms with van der Waals surface area (Å²) in [5.74, 6) is 1.36. The van der Waals surface area contributed by atoms with Gasteiger partial charge in [-0.25, -0.2) is 4.68 Å². The van der Waals surface area contributed by atoms with Crippen LogP contribution in [-0.4, -0.2) is 27.8 Å². The molecule has 0 radical (unpaired) electrons. The second-order valence-corrected chi connectivity index (χ2v) is 5.16. The predicted molar refractivity (Wildman–Crippen MR) is 69.8 cm³/mol. The minimum Gasteiger partial charge on any atom is -0.351 e. The number of nitro groups is 1. The third-order valence-electron chi connectivity index (χ3n) is 3.66. The number of nitrogens with zero attached hydrogens (tertiary/aromatic N) is 4. The molecule has 1 aromatic heterocycles. The molecule has 0 spiro atoms. The zero-order chi connectivity index (χ0) is 13.3. The van der Waals surface area contributed by atoms with Crippen LogP contribution in [0.25, 0.3) is 0 Å². The molecule has 1 aliphatic heterocycles. The zero-order valence-corrected chi connectivity index (χ0v) is 11.2. The summed E-state index contributed by atoms with van der Waals surface area (Å²) in [5, 5.41) is 15.4. The fourth-order valence-electron chi connectivity index (χ4n) is 2.68. The number of aromatic nitrogens is 2. The van der Waals surface area contributed by atoms with Gasteiger partial charge in [-0.3, -0.25) is 10.1 Å². The quantitative estimate of drug-likeness (QED) is 0.598. The first kappa shape index (κ1) is 12.9. The maximum absolute atomic E-state index is 11.2. The Kier molecular flexibility index (Phi) is 3.54. The normalized spacial score (nSPS) is 20.8. The van der Waals surface area contributed by atoms with Gasteiger partial charge in [-0.1, -0.05) is 6.92 Å². The second-order valence-electron chi connectivity index (χ2n) is 5.16. The fourth-order valence-corrected chi connectivity index (χ4v) is 2.68. The largest absolute Gasteiger partial charge is 0.351 e. The van der Waals surface area contributed by atoms with E-state index in [1.807, 2.05) is 0 Å². The Hall–Kier alpha value is -1.59. The molecular weight excluding hydrogens is 232 g/mol. The van der Waals surface area contributed by atoms with Gasteiger partial charge >= 0.3 is 5.69 Å². The summed E-state index contributed by atoms with van der Waals surface area (Å²) >= 11 is 0. The van der Waals surface area contributed by atoms with E-state index in [4.69, 9.17) is 0 Å². The molecule has 0 bridgehead atoms. The van der Waals surface area contributed by atoms with Crippen molar-refractivity contribution in [3.63, 3.8) is 0 Å². The van der Waals surface area contributed by atoms with Crippen LogP contribution in [0.5, 0.6) is 0 Å². The van der Waals surface area contributed by atoms with Crippen LogP contribution in [0.3, 0.4) is 0 Å². The summed E-state index contributed by atoms with van der Waals surface area (Å²) in [6.07, 6.45) is 3.37. The molecule has 0 N–H and O–H groups in total. The molecule has 0 saturated carbocycles.